The Kier molecular flexibility index (Phi) is 3.81. The van der Waals surface area contributed by atoms with Crippen molar-refractivity contribution in [2.45, 2.75) is 13.3 Å². The molecule has 2 rings (SSSR count). The normalized spacial score (nSPS) is 10.5. The second-order valence-corrected chi connectivity index (χ2v) is 4.61. The van der Waals surface area contributed by atoms with Gasteiger partial charge in [0.2, 0.25) is 0 Å². The van der Waals surface area contributed by atoms with Gasteiger partial charge in [0.25, 0.3) is 0 Å². The fraction of sp³-hybridized carbons (Fsp3) is 0.143. The molecule has 0 radical (unpaired) electrons. The van der Waals surface area contributed by atoms with Gasteiger partial charge in [-0.25, -0.2) is 4.39 Å². The van der Waals surface area contributed by atoms with Crippen molar-refractivity contribution in [2.24, 2.45) is 0 Å². The summed E-state index contributed by atoms with van der Waals surface area (Å²) in [6.45, 7) is 2.05. The van der Waals surface area contributed by atoms with Crippen LogP contribution in [-0.4, -0.2) is 0 Å². The van der Waals surface area contributed by atoms with Crippen molar-refractivity contribution < 1.29 is 4.39 Å². The molecule has 5 N–H and O–H groups in total. The average molecular weight is 280 g/mol. The molecule has 0 aliphatic carbocycles. The number of hydrogen-bond acceptors (Lipinski definition) is 3. The van der Waals surface area contributed by atoms with E-state index < -0.39 is 5.82 Å². The first-order chi connectivity index (χ1) is 9.02. The van der Waals surface area contributed by atoms with Crippen molar-refractivity contribution in [3.8, 4) is 0 Å². The third kappa shape index (κ3) is 2.74. The third-order valence-corrected chi connectivity index (χ3v) is 3.25. The van der Waals surface area contributed by atoms with Crippen molar-refractivity contribution in [3.05, 3.63) is 46.7 Å². The Balaban J connectivity index is 2.40. The fourth-order valence-corrected chi connectivity index (χ4v) is 1.96. The molecule has 0 saturated heterocycles. The zero-order chi connectivity index (χ0) is 14.0. The lowest BCUT2D eigenvalue weighted by atomic mass is 10.1. The number of aryl methyl sites for hydroxylation is 1. The Hall–Kier alpha value is -1.94. The van der Waals surface area contributed by atoms with Crippen LogP contribution in [0.3, 0.4) is 0 Å². The molecule has 100 valence electrons. The van der Waals surface area contributed by atoms with Crippen LogP contribution in [0.1, 0.15) is 12.5 Å². The molecule has 0 aromatic heterocycles. The molecule has 2 aromatic carbocycles. The molecular weight excluding hydrogens is 265 g/mol. The maximum absolute atomic E-state index is 14.0. The van der Waals surface area contributed by atoms with Crippen molar-refractivity contribution in [1.29, 1.82) is 0 Å². The lowest BCUT2D eigenvalue weighted by molar-refractivity contribution is 0.633. The molecule has 0 aliphatic heterocycles. The van der Waals surface area contributed by atoms with Crippen molar-refractivity contribution >= 4 is 34.4 Å². The summed E-state index contributed by atoms with van der Waals surface area (Å²) in [5, 5.41) is 2.82. The van der Waals surface area contributed by atoms with E-state index in [-0.39, 0.29) is 22.1 Å². The summed E-state index contributed by atoms with van der Waals surface area (Å²) < 4.78 is 14.0. The molecule has 0 unspecified atom stereocenters. The molecule has 0 saturated carbocycles. The van der Waals surface area contributed by atoms with E-state index >= 15 is 0 Å². The Morgan fingerprint density at radius 2 is 1.95 bits per heavy atom. The maximum Gasteiger partial charge on any atom is 0.169 e. The Morgan fingerprint density at radius 1 is 1.21 bits per heavy atom. The van der Waals surface area contributed by atoms with Gasteiger partial charge in [0.1, 0.15) is 5.02 Å². The molecule has 3 nitrogen and oxygen atoms in total. The summed E-state index contributed by atoms with van der Waals surface area (Å²) in [4.78, 5) is 0. The monoisotopic (exact) mass is 279 g/mol. The van der Waals surface area contributed by atoms with E-state index in [1.54, 1.807) is 0 Å². The molecule has 0 heterocycles. The molecule has 0 fully saturated rings. The van der Waals surface area contributed by atoms with Crippen molar-refractivity contribution in [1.82, 2.24) is 0 Å². The van der Waals surface area contributed by atoms with Gasteiger partial charge in [-0.1, -0.05) is 30.7 Å². The van der Waals surface area contributed by atoms with E-state index in [1.165, 1.54) is 6.07 Å². The Labute approximate surface area is 116 Å². The van der Waals surface area contributed by atoms with Gasteiger partial charge in [-0.05, 0) is 30.2 Å². The number of hydrogen-bond donors (Lipinski definition) is 3. The van der Waals surface area contributed by atoms with Gasteiger partial charge in [-0.15, -0.1) is 0 Å². The van der Waals surface area contributed by atoms with Crippen LogP contribution in [0.15, 0.2) is 30.3 Å². The number of nitrogen functional groups attached to an aromatic ring is 2. The minimum Gasteiger partial charge on any atom is -0.397 e. The van der Waals surface area contributed by atoms with E-state index in [0.29, 0.717) is 0 Å². The van der Waals surface area contributed by atoms with Crippen LogP contribution in [0.5, 0.6) is 0 Å². The fourth-order valence-electron chi connectivity index (χ4n) is 1.81. The topological polar surface area (TPSA) is 64.1 Å². The van der Waals surface area contributed by atoms with Crippen LogP contribution in [0.2, 0.25) is 5.02 Å². The third-order valence-electron chi connectivity index (χ3n) is 2.87. The number of benzene rings is 2. The molecule has 0 bridgehead atoms. The number of rotatable bonds is 3. The van der Waals surface area contributed by atoms with Gasteiger partial charge in [-0.2, -0.15) is 0 Å². The molecule has 2 aromatic rings. The smallest absolute Gasteiger partial charge is 0.169 e. The van der Waals surface area contributed by atoms with E-state index in [2.05, 4.69) is 5.32 Å². The lowest BCUT2D eigenvalue weighted by Gasteiger charge is -2.13. The SMILES string of the molecule is CCc1cccc(Nc2c(N)cc(N)c(Cl)c2F)c1. The summed E-state index contributed by atoms with van der Waals surface area (Å²) in [6.07, 6.45) is 0.899. The second-order valence-electron chi connectivity index (χ2n) is 4.24. The number of halogens is 2. The van der Waals surface area contributed by atoms with Gasteiger partial charge < -0.3 is 16.8 Å². The first-order valence-electron chi connectivity index (χ1n) is 5.91. The standard InChI is InChI=1S/C14H15ClFN3/c1-2-8-4-3-5-9(6-8)19-14-11(18)7-10(17)12(15)13(14)16/h3-7,19H,2,17-18H2,1H3. The minimum absolute atomic E-state index is 0.122. The highest BCUT2D eigenvalue weighted by molar-refractivity contribution is 6.33. The molecule has 0 aliphatic rings. The highest BCUT2D eigenvalue weighted by Crippen LogP contribution is 2.35. The zero-order valence-electron chi connectivity index (χ0n) is 10.5. The van der Waals surface area contributed by atoms with Crippen molar-refractivity contribution in [3.63, 3.8) is 0 Å². The molecule has 5 heteroatoms. The average Bonchev–Trinajstić information content (AvgIpc) is 2.41. The van der Waals surface area contributed by atoms with E-state index in [9.17, 15) is 4.39 Å². The molecule has 19 heavy (non-hydrogen) atoms. The first-order valence-corrected chi connectivity index (χ1v) is 6.29. The summed E-state index contributed by atoms with van der Waals surface area (Å²) >= 11 is 5.78. The van der Waals surface area contributed by atoms with Crippen LogP contribution < -0.4 is 16.8 Å². The molecular formula is C14H15ClFN3. The van der Waals surface area contributed by atoms with E-state index in [4.69, 9.17) is 23.1 Å². The lowest BCUT2D eigenvalue weighted by Crippen LogP contribution is -2.02. The zero-order valence-corrected chi connectivity index (χ0v) is 11.3. The van der Waals surface area contributed by atoms with Gasteiger partial charge in [0, 0.05) is 5.69 Å². The Morgan fingerprint density at radius 3 is 2.63 bits per heavy atom. The van der Waals surface area contributed by atoms with Crippen LogP contribution in [-0.2, 0) is 6.42 Å². The summed E-state index contributed by atoms with van der Waals surface area (Å²) in [6, 6.07) is 9.11. The summed E-state index contributed by atoms with van der Waals surface area (Å²) in [7, 11) is 0. The van der Waals surface area contributed by atoms with E-state index in [1.807, 2.05) is 31.2 Å². The predicted molar refractivity (Wildman–Crippen MR) is 79.3 cm³/mol. The Bertz CT molecular complexity index is 614. The van der Waals surface area contributed by atoms with Crippen LogP contribution in [0, 0.1) is 5.82 Å². The van der Waals surface area contributed by atoms with Gasteiger partial charge >= 0.3 is 0 Å². The highest BCUT2D eigenvalue weighted by atomic mass is 35.5. The molecule has 0 atom stereocenters. The number of nitrogens with one attached hydrogen (secondary N) is 1. The van der Waals surface area contributed by atoms with Crippen molar-refractivity contribution in [2.75, 3.05) is 16.8 Å². The number of anilines is 4. The second kappa shape index (κ2) is 5.36. The highest BCUT2D eigenvalue weighted by Gasteiger charge is 2.14. The van der Waals surface area contributed by atoms with Gasteiger partial charge in [-0.3, -0.25) is 0 Å². The maximum atomic E-state index is 14.0. The van der Waals surface area contributed by atoms with Crippen LogP contribution in [0.4, 0.5) is 27.1 Å². The predicted octanol–water partition coefficient (Wildman–Crippen LogP) is 3.95. The van der Waals surface area contributed by atoms with E-state index in [0.717, 1.165) is 17.7 Å². The largest absolute Gasteiger partial charge is 0.397 e. The first kappa shape index (κ1) is 13.5. The number of nitrogens with two attached hydrogens (primary N) is 2. The van der Waals surface area contributed by atoms with Crippen LogP contribution >= 0.6 is 11.6 Å². The minimum atomic E-state index is -0.638. The molecule has 0 amide bonds. The quantitative estimate of drug-likeness (QED) is 0.746. The van der Waals surface area contributed by atoms with Crippen LogP contribution in [0.25, 0.3) is 0 Å². The summed E-state index contributed by atoms with van der Waals surface area (Å²) in [5.41, 5.74) is 13.7. The summed E-state index contributed by atoms with van der Waals surface area (Å²) in [5.74, 6) is -0.638. The van der Waals surface area contributed by atoms with Gasteiger partial charge in [0.15, 0.2) is 5.82 Å². The molecule has 0 spiro atoms. The van der Waals surface area contributed by atoms with Gasteiger partial charge in [0.05, 0.1) is 17.1 Å².